The molecule has 0 unspecified atom stereocenters. The lowest BCUT2D eigenvalue weighted by Gasteiger charge is -2.30. The van der Waals surface area contributed by atoms with Crippen molar-refractivity contribution in [3.8, 4) is 0 Å². The third-order valence-electron chi connectivity index (χ3n) is 5.13. The van der Waals surface area contributed by atoms with Gasteiger partial charge in [-0.05, 0) is 42.7 Å². The standard InChI is InChI=1S/C21H28N4O/c1-14(2)18-7-5-6-16(4)19(18)24-20(26)17-12-22-21(23-13-17)25-10-8-15(3)9-11-25/h5-7,12-15H,8-11H2,1-4H3,(H,24,26). The molecule has 1 amide bonds. The van der Waals surface area contributed by atoms with Gasteiger partial charge >= 0.3 is 0 Å². The molecule has 26 heavy (non-hydrogen) atoms. The van der Waals surface area contributed by atoms with Gasteiger partial charge in [-0.2, -0.15) is 0 Å². The summed E-state index contributed by atoms with van der Waals surface area (Å²) in [7, 11) is 0. The average molecular weight is 352 g/mol. The monoisotopic (exact) mass is 352 g/mol. The summed E-state index contributed by atoms with van der Waals surface area (Å²) >= 11 is 0. The van der Waals surface area contributed by atoms with E-state index in [1.807, 2.05) is 19.1 Å². The van der Waals surface area contributed by atoms with Crippen LogP contribution in [0.2, 0.25) is 0 Å². The van der Waals surface area contributed by atoms with Crippen LogP contribution in [0, 0.1) is 12.8 Å². The lowest BCUT2D eigenvalue weighted by molar-refractivity contribution is 0.102. The summed E-state index contributed by atoms with van der Waals surface area (Å²) in [4.78, 5) is 23.7. The number of rotatable bonds is 4. The largest absolute Gasteiger partial charge is 0.341 e. The number of para-hydroxylation sites is 1. The molecule has 2 heterocycles. The number of benzene rings is 1. The van der Waals surface area contributed by atoms with E-state index in [4.69, 9.17) is 0 Å². The molecule has 3 rings (SSSR count). The molecule has 5 heteroatoms. The maximum Gasteiger partial charge on any atom is 0.258 e. The Hall–Kier alpha value is -2.43. The summed E-state index contributed by atoms with van der Waals surface area (Å²) in [5, 5.41) is 3.05. The number of hydrogen-bond acceptors (Lipinski definition) is 4. The van der Waals surface area contributed by atoms with E-state index in [1.165, 1.54) is 0 Å². The van der Waals surface area contributed by atoms with Gasteiger partial charge in [0.2, 0.25) is 5.95 Å². The highest BCUT2D eigenvalue weighted by atomic mass is 16.1. The van der Waals surface area contributed by atoms with Crippen LogP contribution in [0.4, 0.5) is 11.6 Å². The highest BCUT2D eigenvalue weighted by Gasteiger charge is 2.19. The maximum atomic E-state index is 12.7. The van der Waals surface area contributed by atoms with Crippen LogP contribution in [0.25, 0.3) is 0 Å². The molecular formula is C21H28N4O. The average Bonchev–Trinajstić information content (AvgIpc) is 2.64. The number of piperidine rings is 1. The van der Waals surface area contributed by atoms with E-state index in [1.54, 1.807) is 12.4 Å². The smallest absolute Gasteiger partial charge is 0.258 e. The Bertz CT molecular complexity index is 762. The molecule has 5 nitrogen and oxygen atoms in total. The molecule has 138 valence electrons. The first-order chi connectivity index (χ1) is 12.5. The molecule has 1 aliphatic rings. The van der Waals surface area contributed by atoms with Crippen molar-refractivity contribution in [3.63, 3.8) is 0 Å². The van der Waals surface area contributed by atoms with Crippen LogP contribution in [-0.4, -0.2) is 29.0 Å². The van der Waals surface area contributed by atoms with Crippen molar-refractivity contribution < 1.29 is 4.79 Å². The Kier molecular flexibility index (Phi) is 5.55. The Balaban J connectivity index is 1.73. The fourth-order valence-corrected chi connectivity index (χ4v) is 3.34. The van der Waals surface area contributed by atoms with E-state index in [0.717, 1.165) is 48.7 Å². The van der Waals surface area contributed by atoms with Gasteiger partial charge in [0, 0.05) is 31.2 Å². The van der Waals surface area contributed by atoms with E-state index in [9.17, 15) is 4.79 Å². The summed E-state index contributed by atoms with van der Waals surface area (Å²) in [6.07, 6.45) is 5.58. The van der Waals surface area contributed by atoms with Crippen LogP contribution in [0.15, 0.2) is 30.6 Å². The molecule has 0 saturated carbocycles. The molecule has 1 aromatic heterocycles. The molecule has 1 N–H and O–H groups in total. The molecular weight excluding hydrogens is 324 g/mol. The number of aromatic nitrogens is 2. The fraction of sp³-hybridized carbons (Fsp3) is 0.476. The normalized spacial score (nSPS) is 15.3. The number of amides is 1. The predicted molar refractivity (Wildman–Crippen MR) is 106 cm³/mol. The van der Waals surface area contributed by atoms with E-state index in [2.05, 4.69) is 47.0 Å². The van der Waals surface area contributed by atoms with Gasteiger partial charge in [0.1, 0.15) is 0 Å². The summed E-state index contributed by atoms with van der Waals surface area (Å²) in [6, 6.07) is 6.10. The summed E-state index contributed by atoms with van der Waals surface area (Å²) in [6.45, 7) is 10.5. The maximum absolute atomic E-state index is 12.7. The van der Waals surface area contributed by atoms with Crippen molar-refractivity contribution in [2.24, 2.45) is 5.92 Å². The molecule has 0 spiro atoms. The summed E-state index contributed by atoms with van der Waals surface area (Å²) in [5.74, 6) is 1.65. The van der Waals surface area contributed by atoms with Crippen LogP contribution in [-0.2, 0) is 0 Å². The second kappa shape index (κ2) is 7.85. The van der Waals surface area contributed by atoms with Gasteiger partial charge in [0.15, 0.2) is 0 Å². The van der Waals surface area contributed by atoms with Crippen LogP contribution in [0.5, 0.6) is 0 Å². The van der Waals surface area contributed by atoms with Gasteiger partial charge in [-0.1, -0.05) is 39.0 Å². The van der Waals surface area contributed by atoms with Crippen molar-refractivity contribution >= 4 is 17.5 Å². The van der Waals surface area contributed by atoms with Crippen molar-refractivity contribution in [2.45, 2.75) is 46.5 Å². The molecule has 0 atom stereocenters. The van der Waals surface area contributed by atoms with Crippen molar-refractivity contribution in [3.05, 3.63) is 47.3 Å². The SMILES string of the molecule is Cc1cccc(C(C)C)c1NC(=O)c1cnc(N2CCC(C)CC2)nc1. The minimum atomic E-state index is -0.167. The number of nitrogens with zero attached hydrogens (tertiary/aromatic N) is 3. The molecule has 0 radical (unpaired) electrons. The molecule has 0 bridgehead atoms. The van der Waals surface area contributed by atoms with E-state index in [-0.39, 0.29) is 5.91 Å². The second-order valence-electron chi connectivity index (χ2n) is 7.59. The van der Waals surface area contributed by atoms with Crippen LogP contribution >= 0.6 is 0 Å². The number of carbonyl (C=O) groups is 1. The minimum Gasteiger partial charge on any atom is -0.341 e. The third-order valence-corrected chi connectivity index (χ3v) is 5.13. The molecule has 1 aromatic carbocycles. The topological polar surface area (TPSA) is 58.1 Å². The molecule has 1 aliphatic heterocycles. The molecule has 1 fully saturated rings. The Morgan fingerprint density at radius 1 is 1.19 bits per heavy atom. The lowest BCUT2D eigenvalue weighted by Crippen LogP contribution is -2.34. The van der Waals surface area contributed by atoms with Gasteiger partial charge in [-0.15, -0.1) is 0 Å². The second-order valence-corrected chi connectivity index (χ2v) is 7.59. The summed E-state index contributed by atoms with van der Waals surface area (Å²) < 4.78 is 0. The zero-order valence-corrected chi connectivity index (χ0v) is 16.1. The van der Waals surface area contributed by atoms with Crippen molar-refractivity contribution in [1.29, 1.82) is 0 Å². The predicted octanol–water partition coefficient (Wildman–Crippen LogP) is 4.40. The first-order valence-electron chi connectivity index (χ1n) is 9.43. The quantitative estimate of drug-likeness (QED) is 0.886. The first-order valence-corrected chi connectivity index (χ1v) is 9.43. The number of nitrogens with one attached hydrogen (secondary N) is 1. The van der Waals surface area contributed by atoms with Crippen LogP contribution in [0.3, 0.4) is 0 Å². The Morgan fingerprint density at radius 3 is 2.46 bits per heavy atom. The highest BCUT2D eigenvalue weighted by Crippen LogP contribution is 2.28. The Labute approximate surface area is 155 Å². The number of carbonyl (C=O) groups excluding carboxylic acids is 1. The summed E-state index contributed by atoms with van der Waals surface area (Å²) in [5.41, 5.74) is 3.57. The van der Waals surface area contributed by atoms with Gasteiger partial charge in [0.05, 0.1) is 5.56 Å². The molecule has 1 saturated heterocycles. The zero-order chi connectivity index (χ0) is 18.7. The van der Waals surface area contributed by atoms with Crippen LogP contribution < -0.4 is 10.2 Å². The molecule has 0 aliphatic carbocycles. The first kappa shape index (κ1) is 18.4. The van der Waals surface area contributed by atoms with Crippen molar-refractivity contribution in [2.75, 3.05) is 23.3 Å². The third kappa shape index (κ3) is 4.03. The van der Waals surface area contributed by atoms with Gasteiger partial charge in [0.25, 0.3) is 5.91 Å². The van der Waals surface area contributed by atoms with E-state index >= 15 is 0 Å². The van der Waals surface area contributed by atoms with Crippen molar-refractivity contribution in [1.82, 2.24) is 9.97 Å². The number of hydrogen-bond donors (Lipinski definition) is 1. The van der Waals surface area contributed by atoms with E-state index < -0.39 is 0 Å². The number of aryl methyl sites for hydroxylation is 1. The van der Waals surface area contributed by atoms with Crippen LogP contribution in [0.1, 0.15) is 61.0 Å². The highest BCUT2D eigenvalue weighted by molar-refractivity contribution is 6.04. The number of anilines is 2. The Morgan fingerprint density at radius 2 is 1.85 bits per heavy atom. The zero-order valence-electron chi connectivity index (χ0n) is 16.1. The van der Waals surface area contributed by atoms with Gasteiger partial charge in [-0.25, -0.2) is 9.97 Å². The van der Waals surface area contributed by atoms with E-state index in [0.29, 0.717) is 17.4 Å². The fourth-order valence-electron chi connectivity index (χ4n) is 3.34. The molecule has 2 aromatic rings. The van der Waals surface area contributed by atoms with Gasteiger partial charge in [-0.3, -0.25) is 4.79 Å². The lowest BCUT2D eigenvalue weighted by atomic mass is 9.98. The minimum absolute atomic E-state index is 0.167. The van der Waals surface area contributed by atoms with Gasteiger partial charge < -0.3 is 10.2 Å².